The molecule has 0 unspecified atom stereocenters. The van der Waals surface area contributed by atoms with Gasteiger partial charge in [-0.2, -0.15) is 0 Å². The highest BCUT2D eigenvalue weighted by molar-refractivity contribution is 6.00. The van der Waals surface area contributed by atoms with Crippen LogP contribution in [0.1, 0.15) is 0 Å². The van der Waals surface area contributed by atoms with E-state index in [2.05, 4.69) is 32.5 Å². The maximum atomic E-state index is 12.8. The Morgan fingerprint density at radius 2 is 1.33 bits per heavy atom. The van der Waals surface area contributed by atoms with Gasteiger partial charge in [0.15, 0.2) is 19.0 Å². The standard InChI is InChI=1S/C36H36N6O4/c1-40(2)33(43)24-45-29-16-12-26(13-17-29)35-31-10-6-7-11-32(31)36(39-38-35)37-27-14-18-30(19-15-27)46-25-34(44)42-22-20-41(21-23-42)28-8-4-3-5-9-28/h3-19H,20-25H2,1-2H3,(H,37,39). The van der Waals surface area contributed by atoms with Crippen molar-refractivity contribution in [2.75, 3.05) is 63.7 Å². The molecule has 2 heterocycles. The molecule has 10 heteroatoms. The van der Waals surface area contributed by atoms with Gasteiger partial charge in [0.1, 0.15) is 17.2 Å². The van der Waals surface area contributed by atoms with Crippen LogP contribution in [0.5, 0.6) is 11.5 Å². The van der Waals surface area contributed by atoms with E-state index in [0.717, 1.165) is 40.8 Å². The van der Waals surface area contributed by atoms with Gasteiger partial charge in [0.05, 0.1) is 0 Å². The summed E-state index contributed by atoms with van der Waals surface area (Å²) in [6.45, 7) is 2.93. The molecule has 4 aromatic carbocycles. The van der Waals surface area contributed by atoms with Gasteiger partial charge in [0.25, 0.3) is 11.8 Å². The Bertz CT molecular complexity index is 1790. The first-order valence-electron chi connectivity index (χ1n) is 15.2. The average molecular weight is 617 g/mol. The minimum Gasteiger partial charge on any atom is -0.484 e. The molecule has 0 aliphatic carbocycles. The summed E-state index contributed by atoms with van der Waals surface area (Å²) in [4.78, 5) is 30.3. The highest BCUT2D eigenvalue weighted by Crippen LogP contribution is 2.32. The molecule has 5 aromatic rings. The lowest BCUT2D eigenvalue weighted by Gasteiger charge is -2.36. The van der Waals surface area contributed by atoms with Gasteiger partial charge in [0, 0.05) is 68.0 Å². The third-order valence-electron chi connectivity index (χ3n) is 7.91. The topological polar surface area (TPSA) is 100 Å². The Balaban J connectivity index is 1.05. The molecule has 1 aromatic heterocycles. The minimum absolute atomic E-state index is 0.00298. The highest BCUT2D eigenvalue weighted by atomic mass is 16.5. The molecule has 10 nitrogen and oxygen atoms in total. The SMILES string of the molecule is CN(C)C(=O)COc1ccc(-c2nnc(Nc3ccc(OCC(=O)N4CCN(c5ccccc5)CC4)cc3)c3ccccc23)cc1. The number of hydrogen-bond donors (Lipinski definition) is 1. The zero-order chi connectivity index (χ0) is 31.9. The number of rotatable bonds is 10. The van der Waals surface area contributed by atoms with Gasteiger partial charge in [-0.15, -0.1) is 10.2 Å². The predicted octanol–water partition coefficient (Wildman–Crippen LogP) is 5.24. The number of nitrogens with zero attached hydrogens (tertiary/aromatic N) is 5. The van der Waals surface area contributed by atoms with Crippen LogP contribution in [0.2, 0.25) is 0 Å². The van der Waals surface area contributed by atoms with E-state index >= 15 is 0 Å². The van der Waals surface area contributed by atoms with Crippen molar-refractivity contribution in [1.82, 2.24) is 20.0 Å². The Hall–Kier alpha value is -5.64. The van der Waals surface area contributed by atoms with Crippen LogP contribution < -0.4 is 19.7 Å². The molecule has 0 bridgehead atoms. The van der Waals surface area contributed by atoms with Crippen LogP contribution in [0.4, 0.5) is 17.2 Å². The number of benzene rings is 4. The van der Waals surface area contributed by atoms with E-state index in [-0.39, 0.29) is 25.0 Å². The van der Waals surface area contributed by atoms with Crippen molar-refractivity contribution in [3.05, 3.63) is 103 Å². The van der Waals surface area contributed by atoms with Crippen LogP contribution in [-0.2, 0) is 9.59 Å². The number of likely N-dealkylation sites (N-methyl/N-ethyl adjacent to an activating group) is 1. The first kappa shape index (κ1) is 30.4. The average Bonchev–Trinajstić information content (AvgIpc) is 3.11. The van der Waals surface area contributed by atoms with Crippen molar-refractivity contribution in [2.45, 2.75) is 0 Å². The summed E-state index contributed by atoms with van der Waals surface area (Å²) < 4.78 is 11.4. The van der Waals surface area contributed by atoms with Crippen LogP contribution in [0.3, 0.4) is 0 Å². The number of piperazine rings is 1. The number of carbonyl (C=O) groups is 2. The van der Waals surface area contributed by atoms with E-state index in [1.54, 1.807) is 14.1 Å². The molecular weight excluding hydrogens is 580 g/mol. The quantitative estimate of drug-likeness (QED) is 0.228. The van der Waals surface area contributed by atoms with Gasteiger partial charge in [0.2, 0.25) is 0 Å². The number of para-hydroxylation sites is 1. The van der Waals surface area contributed by atoms with Gasteiger partial charge in [-0.1, -0.05) is 42.5 Å². The number of hydrogen-bond acceptors (Lipinski definition) is 8. The summed E-state index contributed by atoms with van der Waals surface area (Å²) in [7, 11) is 3.39. The Morgan fingerprint density at radius 3 is 2.00 bits per heavy atom. The number of fused-ring (bicyclic) bond motifs is 1. The molecule has 1 aliphatic heterocycles. The van der Waals surface area contributed by atoms with E-state index in [9.17, 15) is 9.59 Å². The molecule has 1 fully saturated rings. The van der Waals surface area contributed by atoms with Crippen molar-refractivity contribution >= 4 is 39.8 Å². The first-order valence-corrected chi connectivity index (χ1v) is 15.2. The third-order valence-corrected chi connectivity index (χ3v) is 7.91. The second-order valence-electron chi connectivity index (χ2n) is 11.2. The van der Waals surface area contributed by atoms with E-state index in [1.807, 2.05) is 95.9 Å². The van der Waals surface area contributed by atoms with E-state index in [4.69, 9.17) is 9.47 Å². The van der Waals surface area contributed by atoms with E-state index < -0.39 is 0 Å². The molecule has 0 radical (unpaired) electrons. The molecular formula is C36H36N6O4. The summed E-state index contributed by atoms with van der Waals surface area (Å²) in [6, 6.07) is 33.1. The Kier molecular flexibility index (Phi) is 9.24. The van der Waals surface area contributed by atoms with Crippen molar-refractivity contribution in [3.8, 4) is 22.8 Å². The summed E-state index contributed by atoms with van der Waals surface area (Å²) in [6.07, 6.45) is 0. The maximum Gasteiger partial charge on any atom is 0.260 e. The lowest BCUT2D eigenvalue weighted by Crippen LogP contribution is -2.50. The normalized spacial score (nSPS) is 12.9. The third kappa shape index (κ3) is 7.18. The maximum absolute atomic E-state index is 12.8. The molecule has 1 aliphatic rings. The summed E-state index contributed by atoms with van der Waals surface area (Å²) in [5.74, 6) is 1.73. The van der Waals surface area contributed by atoms with Gasteiger partial charge in [-0.3, -0.25) is 9.59 Å². The first-order chi connectivity index (χ1) is 22.4. The Labute approximate surface area is 268 Å². The molecule has 1 saturated heterocycles. The van der Waals surface area contributed by atoms with Gasteiger partial charge < -0.3 is 29.5 Å². The van der Waals surface area contributed by atoms with Gasteiger partial charge >= 0.3 is 0 Å². The fourth-order valence-electron chi connectivity index (χ4n) is 5.25. The van der Waals surface area contributed by atoms with E-state index in [1.165, 1.54) is 10.6 Å². The molecule has 1 N–H and O–H groups in total. The molecule has 2 amide bonds. The van der Waals surface area contributed by atoms with Crippen LogP contribution in [0, 0.1) is 0 Å². The Morgan fingerprint density at radius 1 is 0.717 bits per heavy atom. The lowest BCUT2D eigenvalue weighted by atomic mass is 10.0. The number of carbonyl (C=O) groups excluding carboxylic acids is 2. The number of amides is 2. The fraction of sp³-hybridized carbons (Fsp3) is 0.222. The van der Waals surface area contributed by atoms with Crippen LogP contribution >= 0.6 is 0 Å². The number of nitrogens with one attached hydrogen (secondary N) is 1. The molecule has 0 saturated carbocycles. The fourth-order valence-corrected chi connectivity index (χ4v) is 5.25. The molecule has 0 spiro atoms. The molecule has 234 valence electrons. The van der Waals surface area contributed by atoms with Crippen LogP contribution in [0.25, 0.3) is 22.0 Å². The van der Waals surface area contributed by atoms with Crippen molar-refractivity contribution in [1.29, 1.82) is 0 Å². The summed E-state index contributed by atoms with van der Waals surface area (Å²) >= 11 is 0. The molecule has 0 atom stereocenters. The van der Waals surface area contributed by atoms with Crippen molar-refractivity contribution in [2.24, 2.45) is 0 Å². The smallest absolute Gasteiger partial charge is 0.260 e. The lowest BCUT2D eigenvalue weighted by molar-refractivity contribution is -0.133. The summed E-state index contributed by atoms with van der Waals surface area (Å²) in [5, 5.41) is 14.3. The van der Waals surface area contributed by atoms with Crippen LogP contribution in [0.15, 0.2) is 103 Å². The highest BCUT2D eigenvalue weighted by Gasteiger charge is 2.21. The van der Waals surface area contributed by atoms with Gasteiger partial charge in [-0.25, -0.2) is 0 Å². The largest absolute Gasteiger partial charge is 0.484 e. The number of anilines is 3. The molecule has 46 heavy (non-hydrogen) atoms. The monoisotopic (exact) mass is 616 g/mol. The van der Waals surface area contributed by atoms with Gasteiger partial charge in [-0.05, 0) is 60.7 Å². The van der Waals surface area contributed by atoms with Crippen LogP contribution in [-0.4, -0.2) is 85.3 Å². The van der Waals surface area contributed by atoms with E-state index in [0.29, 0.717) is 30.4 Å². The minimum atomic E-state index is -0.106. The summed E-state index contributed by atoms with van der Waals surface area (Å²) in [5.41, 5.74) is 3.63. The van der Waals surface area contributed by atoms with Crippen molar-refractivity contribution < 1.29 is 19.1 Å². The number of ether oxygens (including phenoxy) is 2. The predicted molar refractivity (Wildman–Crippen MR) is 180 cm³/mol. The zero-order valence-corrected chi connectivity index (χ0v) is 25.9. The second kappa shape index (κ2) is 14.0. The second-order valence-corrected chi connectivity index (χ2v) is 11.2. The zero-order valence-electron chi connectivity index (χ0n) is 25.9. The number of aromatic nitrogens is 2. The molecule has 6 rings (SSSR count). The van der Waals surface area contributed by atoms with Crippen molar-refractivity contribution in [3.63, 3.8) is 0 Å².